The smallest absolute Gasteiger partial charge is 0.159 e. The molecule has 1 fully saturated rings. The summed E-state index contributed by atoms with van der Waals surface area (Å²) in [5, 5.41) is 12.1. The normalized spacial score (nSPS) is 14.2. The average Bonchev–Trinajstić information content (AvgIpc) is 3.48. The van der Waals surface area contributed by atoms with Crippen molar-refractivity contribution < 1.29 is 4.39 Å². The van der Waals surface area contributed by atoms with Crippen molar-refractivity contribution in [1.29, 1.82) is 0 Å². The maximum atomic E-state index is 13.9. The summed E-state index contributed by atoms with van der Waals surface area (Å²) in [5.74, 6) is 1.07. The first-order valence-electron chi connectivity index (χ1n) is 13.1. The van der Waals surface area contributed by atoms with Gasteiger partial charge < -0.3 is 10.3 Å². The molecule has 1 aliphatic rings. The number of fused-ring (bicyclic) bond motifs is 2. The Morgan fingerprint density at radius 1 is 1.15 bits per heavy atom. The molecule has 0 unspecified atom stereocenters. The van der Waals surface area contributed by atoms with E-state index in [1.54, 1.807) is 18.5 Å². The summed E-state index contributed by atoms with van der Waals surface area (Å²) in [6, 6.07) is 12.6. The number of aromatic amines is 2. The maximum Gasteiger partial charge on any atom is 0.159 e. The fourth-order valence-corrected chi connectivity index (χ4v) is 4.86. The topological polar surface area (TPSA) is 82.3 Å². The minimum atomic E-state index is -0.304. The molecule has 2 aromatic carbocycles. The molecule has 0 radical (unpaired) electrons. The molecule has 3 heterocycles. The third-order valence-electron chi connectivity index (χ3n) is 7.05. The van der Waals surface area contributed by atoms with E-state index >= 15 is 0 Å². The number of halogens is 1. The molecule has 3 aromatic heterocycles. The van der Waals surface area contributed by atoms with Crippen LogP contribution in [-0.2, 0) is 0 Å². The quantitative estimate of drug-likeness (QED) is 0.175. The number of aromatic nitrogens is 5. The van der Waals surface area contributed by atoms with Crippen molar-refractivity contribution in [3.8, 4) is 22.6 Å². The lowest BCUT2D eigenvalue weighted by Crippen LogP contribution is -2.11. The average molecular weight is 517 g/mol. The van der Waals surface area contributed by atoms with Crippen LogP contribution in [-0.4, -0.2) is 25.1 Å². The highest BCUT2D eigenvalue weighted by molar-refractivity contribution is 5.98. The summed E-state index contributed by atoms with van der Waals surface area (Å²) in [5.41, 5.74) is 8.56. The van der Waals surface area contributed by atoms with Crippen LogP contribution < -0.4 is 5.32 Å². The van der Waals surface area contributed by atoms with Gasteiger partial charge in [-0.15, -0.1) is 0 Å². The van der Waals surface area contributed by atoms with Gasteiger partial charge in [-0.05, 0) is 85.2 Å². The van der Waals surface area contributed by atoms with Gasteiger partial charge in [0.05, 0.1) is 22.7 Å². The van der Waals surface area contributed by atoms with E-state index in [1.807, 2.05) is 25.1 Å². The van der Waals surface area contributed by atoms with Crippen LogP contribution >= 0.6 is 0 Å². The monoisotopic (exact) mass is 516 g/mol. The number of H-pyrrole nitrogens is 2. The van der Waals surface area contributed by atoms with Gasteiger partial charge in [0.2, 0.25) is 0 Å². The van der Waals surface area contributed by atoms with E-state index in [9.17, 15) is 4.39 Å². The van der Waals surface area contributed by atoms with E-state index in [2.05, 4.69) is 62.9 Å². The van der Waals surface area contributed by atoms with Gasteiger partial charge in [-0.2, -0.15) is 5.10 Å². The standard InChI is InChI=1S/C32H29FN6/c1-4-21(15-25(5-2)35-19(3)13-20-9-10-20)22-11-12-28-26(16-22)31(39-38-28)32-36-29-18-34-17-27(30(29)37-32)23-7-6-8-24(33)14-23/h4-8,11-12,14-18,20,35H,2-3,9-10,13H2,1H3,(H,36,37)(H,38,39)/b21-4+,25-15+. The predicted molar refractivity (Wildman–Crippen MR) is 156 cm³/mol. The van der Waals surface area contributed by atoms with Crippen molar-refractivity contribution >= 4 is 27.5 Å². The van der Waals surface area contributed by atoms with Crippen LogP contribution in [0.3, 0.4) is 0 Å². The van der Waals surface area contributed by atoms with Crippen molar-refractivity contribution in [2.45, 2.75) is 26.2 Å². The van der Waals surface area contributed by atoms with Crippen LogP contribution in [0.25, 0.3) is 50.2 Å². The summed E-state index contributed by atoms with van der Waals surface area (Å²) >= 11 is 0. The Morgan fingerprint density at radius 2 is 2.03 bits per heavy atom. The Balaban J connectivity index is 1.36. The van der Waals surface area contributed by atoms with Gasteiger partial charge >= 0.3 is 0 Å². The molecule has 3 N–H and O–H groups in total. The van der Waals surface area contributed by atoms with E-state index < -0.39 is 0 Å². The molecule has 5 aromatic rings. The Hall–Kier alpha value is -4.78. The minimum Gasteiger partial charge on any atom is -0.359 e. The Morgan fingerprint density at radius 3 is 2.79 bits per heavy atom. The first-order chi connectivity index (χ1) is 19.0. The van der Waals surface area contributed by atoms with Crippen LogP contribution in [0, 0.1) is 11.7 Å². The first kappa shape index (κ1) is 24.6. The fourth-order valence-electron chi connectivity index (χ4n) is 4.86. The summed E-state index contributed by atoms with van der Waals surface area (Å²) in [4.78, 5) is 12.6. The van der Waals surface area contributed by atoms with Crippen LogP contribution in [0.5, 0.6) is 0 Å². The third-order valence-corrected chi connectivity index (χ3v) is 7.05. The molecule has 7 heteroatoms. The molecular weight excluding hydrogens is 487 g/mol. The number of nitrogens with zero attached hydrogens (tertiary/aromatic N) is 3. The van der Waals surface area contributed by atoms with E-state index in [0.717, 1.165) is 62.4 Å². The highest BCUT2D eigenvalue weighted by atomic mass is 19.1. The largest absolute Gasteiger partial charge is 0.359 e. The third kappa shape index (κ3) is 5.03. The number of pyridine rings is 1. The summed E-state index contributed by atoms with van der Waals surface area (Å²) in [6.07, 6.45) is 13.0. The van der Waals surface area contributed by atoms with Crippen molar-refractivity contribution in [2.24, 2.45) is 5.92 Å². The lowest BCUT2D eigenvalue weighted by atomic mass is 10.0. The van der Waals surface area contributed by atoms with Crippen LogP contribution in [0.4, 0.5) is 4.39 Å². The van der Waals surface area contributed by atoms with Gasteiger partial charge in [0.15, 0.2) is 5.82 Å². The van der Waals surface area contributed by atoms with E-state index in [-0.39, 0.29) is 5.82 Å². The number of hydrogen-bond donors (Lipinski definition) is 3. The van der Waals surface area contributed by atoms with Crippen LogP contribution in [0.2, 0.25) is 0 Å². The number of hydrogen-bond acceptors (Lipinski definition) is 4. The SMILES string of the molecule is C=C/C(=C\C(=C/C)c1ccc2[nH]nc(-c3nc4c(-c5cccc(F)c5)cncc4[nH]3)c2c1)NC(=C)CC1CC1. The molecule has 39 heavy (non-hydrogen) atoms. The number of imidazole rings is 1. The number of benzene rings is 2. The number of rotatable bonds is 9. The van der Waals surface area contributed by atoms with E-state index in [1.165, 1.54) is 25.0 Å². The van der Waals surface area contributed by atoms with Crippen LogP contribution in [0.1, 0.15) is 31.7 Å². The van der Waals surface area contributed by atoms with Crippen molar-refractivity contribution in [1.82, 2.24) is 30.5 Å². The molecule has 194 valence electrons. The highest BCUT2D eigenvalue weighted by Gasteiger charge is 2.22. The summed E-state index contributed by atoms with van der Waals surface area (Å²) < 4.78 is 13.9. The molecule has 6 nitrogen and oxygen atoms in total. The fraction of sp³-hybridized carbons (Fsp3) is 0.156. The van der Waals surface area contributed by atoms with Gasteiger partial charge in [0.25, 0.3) is 0 Å². The van der Waals surface area contributed by atoms with Gasteiger partial charge in [-0.1, -0.05) is 37.4 Å². The van der Waals surface area contributed by atoms with Crippen molar-refractivity contribution in [3.05, 3.63) is 109 Å². The van der Waals surface area contributed by atoms with Gasteiger partial charge in [0, 0.05) is 28.5 Å². The van der Waals surface area contributed by atoms with Gasteiger partial charge in [-0.3, -0.25) is 10.1 Å². The second kappa shape index (κ2) is 10.2. The van der Waals surface area contributed by atoms with Gasteiger partial charge in [0.1, 0.15) is 11.5 Å². The Bertz CT molecular complexity index is 1780. The Labute approximate surface area is 226 Å². The maximum absolute atomic E-state index is 13.9. The molecule has 0 saturated heterocycles. The molecule has 0 atom stereocenters. The molecule has 0 bridgehead atoms. The zero-order valence-electron chi connectivity index (χ0n) is 21.8. The highest BCUT2D eigenvalue weighted by Crippen LogP contribution is 2.35. The Kier molecular flexibility index (Phi) is 6.40. The van der Waals surface area contributed by atoms with Gasteiger partial charge in [-0.25, -0.2) is 9.37 Å². The molecule has 1 saturated carbocycles. The molecule has 0 spiro atoms. The van der Waals surface area contributed by atoms with Crippen molar-refractivity contribution in [2.75, 3.05) is 0 Å². The lowest BCUT2D eigenvalue weighted by Gasteiger charge is -2.11. The molecule has 0 amide bonds. The summed E-state index contributed by atoms with van der Waals surface area (Å²) in [6.45, 7) is 10.2. The van der Waals surface area contributed by atoms with E-state index in [0.29, 0.717) is 17.0 Å². The predicted octanol–water partition coefficient (Wildman–Crippen LogP) is 7.68. The number of nitrogens with one attached hydrogen (secondary N) is 3. The molecule has 6 rings (SSSR count). The molecular formula is C32H29FN6. The lowest BCUT2D eigenvalue weighted by molar-refractivity contribution is 0.628. The first-order valence-corrected chi connectivity index (χ1v) is 13.1. The summed E-state index contributed by atoms with van der Waals surface area (Å²) in [7, 11) is 0. The zero-order valence-corrected chi connectivity index (χ0v) is 21.8. The second-order valence-electron chi connectivity index (χ2n) is 9.94. The van der Waals surface area contributed by atoms with Crippen molar-refractivity contribution in [3.63, 3.8) is 0 Å². The second-order valence-corrected chi connectivity index (χ2v) is 9.94. The zero-order chi connectivity index (χ0) is 26.9. The van der Waals surface area contributed by atoms with E-state index in [4.69, 9.17) is 4.98 Å². The minimum absolute atomic E-state index is 0.304. The number of allylic oxidation sites excluding steroid dienone is 5. The van der Waals surface area contributed by atoms with Crippen LogP contribution in [0.15, 0.2) is 97.6 Å². The molecule has 0 aliphatic heterocycles. The molecule has 1 aliphatic carbocycles.